The number of hydrogen-bond acceptors (Lipinski definition) is 3. The van der Waals surface area contributed by atoms with Crippen molar-refractivity contribution in [1.29, 1.82) is 0 Å². The molecule has 0 aromatic heterocycles. The van der Waals surface area contributed by atoms with Gasteiger partial charge in [0.2, 0.25) is 0 Å². The maximum Gasteiger partial charge on any atom is 0.573 e. The Hall–Kier alpha value is -3.15. The Labute approximate surface area is 206 Å². The molecule has 3 rings (SSSR count). The van der Waals surface area contributed by atoms with E-state index in [1.807, 2.05) is 12.1 Å². The molecule has 0 aliphatic carbocycles. The van der Waals surface area contributed by atoms with Gasteiger partial charge in [-0.3, -0.25) is 0 Å². The van der Waals surface area contributed by atoms with E-state index in [1.54, 1.807) is 12.1 Å². The van der Waals surface area contributed by atoms with Crippen molar-refractivity contribution in [3.8, 4) is 22.6 Å². The highest BCUT2D eigenvalue weighted by Crippen LogP contribution is 2.38. The van der Waals surface area contributed by atoms with Gasteiger partial charge in [-0.2, -0.15) is 0 Å². The van der Waals surface area contributed by atoms with Crippen LogP contribution in [0.2, 0.25) is 0 Å². The molecule has 0 atom stereocenters. The molecule has 0 aliphatic rings. The molecule has 6 heteroatoms. The molecule has 3 aromatic rings. The standard InChI is InChI=1S/C29H34F3NO2/c1-6-22(7-2)34-26-17-16-24(20-10-14-23(15-11-20)35-29(30,31)32)27(33)25(26)18-19-8-12-21(13-9-19)28(3,4)5/h8-17,22H,6-7,18,33H2,1-5H3. The van der Waals surface area contributed by atoms with E-state index in [2.05, 4.69) is 63.6 Å². The van der Waals surface area contributed by atoms with E-state index in [9.17, 15) is 13.2 Å². The Balaban J connectivity index is 1.99. The minimum atomic E-state index is -4.73. The fraction of sp³-hybridized carbons (Fsp3) is 0.379. The van der Waals surface area contributed by atoms with Gasteiger partial charge in [0.1, 0.15) is 11.5 Å². The lowest BCUT2D eigenvalue weighted by Gasteiger charge is -2.22. The number of benzene rings is 3. The van der Waals surface area contributed by atoms with Crippen LogP contribution in [0.15, 0.2) is 60.7 Å². The van der Waals surface area contributed by atoms with E-state index in [-0.39, 0.29) is 17.3 Å². The second kappa shape index (κ2) is 10.6. The van der Waals surface area contributed by atoms with E-state index in [4.69, 9.17) is 10.5 Å². The van der Waals surface area contributed by atoms with Crippen LogP contribution in [0.4, 0.5) is 18.9 Å². The molecule has 0 unspecified atom stereocenters. The Morgan fingerprint density at radius 3 is 1.94 bits per heavy atom. The number of rotatable bonds is 8. The summed E-state index contributed by atoms with van der Waals surface area (Å²) in [5, 5.41) is 0. The Morgan fingerprint density at radius 1 is 0.829 bits per heavy atom. The van der Waals surface area contributed by atoms with Crippen molar-refractivity contribution in [2.24, 2.45) is 0 Å². The molecular formula is C29H34F3NO2. The SMILES string of the molecule is CCC(CC)Oc1ccc(-c2ccc(OC(F)(F)F)cc2)c(N)c1Cc1ccc(C(C)(C)C)cc1. The number of halogens is 3. The van der Waals surface area contributed by atoms with Gasteiger partial charge in [0.15, 0.2) is 0 Å². The molecule has 188 valence electrons. The summed E-state index contributed by atoms with van der Waals surface area (Å²) in [6.07, 6.45) is -2.34. The van der Waals surface area contributed by atoms with Gasteiger partial charge >= 0.3 is 6.36 Å². The molecule has 0 aliphatic heterocycles. The molecule has 0 saturated heterocycles. The Morgan fingerprint density at radius 2 is 1.43 bits per heavy atom. The van der Waals surface area contributed by atoms with Crippen LogP contribution < -0.4 is 15.2 Å². The van der Waals surface area contributed by atoms with Gasteiger partial charge in [-0.1, -0.05) is 71.0 Å². The smallest absolute Gasteiger partial charge is 0.490 e. The topological polar surface area (TPSA) is 44.5 Å². The predicted octanol–water partition coefficient (Wildman–Crippen LogP) is 8.29. The monoisotopic (exact) mass is 485 g/mol. The Bertz CT molecular complexity index is 1110. The van der Waals surface area contributed by atoms with E-state index in [0.717, 1.165) is 35.3 Å². The third-order valence-corrected chi connectivity index (χ3v) is 6.12. The third kappa shape index (κ3) is 6.93. The number of nitrogens with two attached hydrogens (primary N) is 1. The van der Waals surface area contributed by atoms with Crippen LogP contribution in [-0.4, -0.2) is 12.5 Å². The van der Waals surface area contributed by atoms with Crippen molar-refractivity contribution in [3.05, 3.63) is 77.4 Å². The summed E-state index contributed by atoms with van der Waals surface area (Å²) < 4.78 is 47.9. The first-order valence-electron chi connectivity index (χ1n) is 11.9. The molecule has 0 heterocycles. The molecule has 0 fully saturated rings. The van der Waals surface area contributed by atoms with E-state index in [1.165, 1.54) is 17.7 Å². The molecule has 0 spiro atoms. The second-order valence-corrected chi connectivity index (χ2v) is 9.76. The van der Waals surface area contributed by atoms with Crippen molar-refractivity contribution in [3.63, 3.8) is 0 Å². The minimum absolute atomic E-state index is 0.0587. The molecule has 3 nitrogen and oxygen atoms in total. The maximum atomic E-state index is 12.5. The van der Waals surface area contributed by atoms with Crippen molar-refractivity contribution in [2.45, 2.75) is 71.8 Å². The minimum Gasteiger partial charge on any atom is -0.490 e. The number of anilines is 1. The number of hydrogen-bond donors (Lipinski definition) is 1. The summed E-state index contributed by atoms with van der Waals surface area (Å²) >= 11 is 0. The van der Waals surface area contributed by atoms with Crippen LogP contribution in [0, 0.1) is 0 Å². The molecule has 35 heavy (non-hydrogen) atoms. The summed E-state index contributed by atoms with van der Waals surface area (Å²) in [5.41, 5.74) is 11.9. The zero-order valence-electron chi connectivity index (χ0n) is 21.0. The lowest BCUT2D eigenvalue weighted by atomic mass is 9.86. The van der Waals surface area contributed by atoms with Gasteiger partial charge in [0.05, 0.1) is 6.10 Å². The summed E-state index contributed by atoms with van der Waals surface area (Å²) in [4.78, 5) is 0. The van der Waals surface area contributed by atoms with Crippen LogP contribution in [0.5, 0.6) is 11.5 Å². The third-order valence-electron chi connectivity index (χ3n) is 6.12. The second-order valence-electron chi connectivity index (χ2n) is 9.76. The largest absolute Gasteiger partial charge is 0.573 e. The fourth-order valence-corrected chi connectivity index (χ4v) is 3.99. The number of ether oxygens (including phenoxy) is 2. The average Bonchev–Trinajstić information content (AvgIpc) is 2.79. The van der Waals surface area contributed by atoms with Crippen LogP contribution >= 0.6 is 0 Å². The average molecular weight is 486 g/mol. The molecular weight excluding hydrogens is 451 g/mol. The first-order valence-corrected chi connectivity index (χ1v) is 11.9. The van der Waals surface area contributed by atoms with E-state index < -0.39 is 6.36 Å². The summed E-state index contributed by atoms with van der Waals surface area (Å²) in [7, 11) is 0. The predicted molar refractivity (Wildman–Crippen MR) is 136 cm³/mol. The molecule has 2 N–H and O–H groups in total. The van der Waals surface area contributed by atoms with Crippen molar-refractivity contribution in [1.82, 2.24) is 0 Å². The van der Waals surface area contributed by atoms with Gasteiger partial charge in [0.25, 0.3) is 0 Å². The molecule has 0 amide bonds. The van der Waals surface area contributed by atoms with Crippen molar-refractivity contribution in [2.75, 3.05) is 5.73 Å². The van der Waals surface area contributed by atoms with E-state index in [0.29, 0.717) is 17.7 Å². The van der Waals surface area contributed by atoms with Gasteiger partial charge in [-0.15, -0.1) is 13.2 Å². The highest BCUT2D eigenvalue weighted by molar-refractivity contribution is 5.81. The normalized spacial score (nSPS) is 12.1. The maximum absolute atomic E-state index is 12.5. The van der Waals surface area contributed by atoms with Crippen LogP contribution in [0.25, 0.3) is 11.1 Å². The zero-order valence-corrected chi connectivity index (χ0v) is 21.0. The first-order chi connectivity index (χ1) is 16.4. The number of alkyl halides is 3. The molecule has 3 aromatic carbocycles. The van der Waals surface area contributed by atoms with Crippen LogP contribution in [0.1, 0.15) is 64.2 Å². The van der Waals surface area contributed by atoms with E-state index >= 15 is 0 Å². The number of nitrogen functional groups attached to an aromatic ring is 1. The van der Waals surface area contributed by atoms with Gasteiger partial charge in [0, 0.05) is 23.2 Å². The van der Waals surface area contributed by atoms with Gasteiger partial charge in [-0.05, 0) is 59.2 Å². The van der Waals surface area contributed by atoms with Crippen LogP contribution in [0.3, 0.4) is 0 Å². The van der Waals surface area contributed by atoms with Crippen LogP contribution in [-0.2, 0) is 11.8 Å². The highest BCUT2D eigenvalue weighted by Gasteiger charge is 2.31. The highest BCUT2D eigenvalue weighted by atomic mass is 19.4. The fourth-order valence-electron chi connectivity index (χ4n) is 3.99. The molecule has 0 saturated carbocycles. The summed E-state index contributed by atoms with van der Waals surface area (Å²) in [6, 6.07) is 18.0. The molecule has 0 bridgehead atoms. The van der Waals surface area contributed by atoms with Crippen molar-refractivity contribution < 1.29 is 22.6 Å². The lowest BCUT2D eigenvalue weighted by Crippen LogP contribution is -2.17. The first kappa shape index (κ1) is 26.5. The van der Waals surface area contributed by atoms with Crippen molar-refractivity contribution >= 4 is 5.69 Å². The Kier molecular flexibility index (Phi) is 8.04. The summed E-state index contributed by atoms with van der Waals surface area (Å²) in [6.45, 7) is 10.7. The van der Waals surface area contributed by atoms with Gasteiger partial charge < -0.3 is 15.2 Å². The quantitative estimate of drug-likeness (QED) is 0.326. The summed E-state index contributed by atoms with van der Waals surface area (Å²) in [5.74, 6) is 0.463. The lowest BCUT2D eigenvalue weighted by molar-refractivity contribution is -0.274. The zero-order chi connectivity index (χ0) is 25.8. The molecule has 0 radical (unpaired) electrons. The van der Waals surface area contributed by atoms with Gasteiger partial charge in [-0.25, -0.2) is 0 Å².